The topological polar surface area (TPSA) is 61.9 Å². The fourth-order valence-corrected chi connectivity index (χ4v) is 3.37. The number of nitrogens with zero attached hydrogens (tertiary/aromatic N) is 2. The largest absolute Gasteiger partial charge is 0.497 e. The Morgan fingerprint density at radius 3 is 2.32 bits per heavy atom. The van der Waals surface area contributed by atoms with Gasteiger partial charge in [0.15, 0.2) is 0 Å². The summed E-state index contributed by atoms with van der Waals surface area (Å²) in [5, 5.41) is 2.80. The van der Waals surface area contributed by atoms with Crippen molar-refractivity contribution in [3.05, 3.63) is 59.7 Å². The average molecular weight is 381 g/mol. The van der Waals surface area contributed by atoms with E-state index in [0.29, 0.717) is 13.1 Å². The molecule has 1 aliphatic rings. The SMILES string of the molecule is COc1ccc(C(C)NC(=O)C(=O)N2CCN(c3cccc(C)c3)CC2)cc1. The third-order valence-electron chi connectivity index (χ3n) is 5.09. The minimum atomic E-state index is -0.563. The summed E-state index contributed by atoms with van der Waals surface area (Å²) in [4.78, 5) is 28.8. The van der Waals surface area contributed by atoms with Crippen LogP contribution in [0.15, 0.2) is 48.5 Å². The first-order chi connectivity index (χ1) is 13.5. The van der Waals surface area contributed by atoms with Crippen LogP contribution in [0.1, 0.15) is 24.1 Å². The Hall–Kier alpha value is -3.02. The smallest absolute Gasteiger partial charge is 0.312 e. The van der Waals surface area contributed by atoms with Gasteiger partial charge in [-0.3, -0.25) is 9.59 Å². The number of benzene rings is 2. The van der Waals surface area contributed by atoms with Crippen LogP contribution in [0.5, 0.6) is 5.75 Å². The molecule has 0 saturated carbocycles. The number of aryl methyl sites for hydroxylation is 1. The molecule has 0 aromatic heterocycles. The van der Waals surface area contributed by atoms with Gasteiger partial charge in [0.25, 0.3) is 0 Å². The predicted octanol–water partition coefficient (Wildman–Crippen LogP) is 2.53. The molecule has 1 heterocycles. The highest BCUT2D eigenvalue weighted by Gasteiger charge is 2.27. The fraction of sp³-hybridized carbons (Fsp3) is 0.364. The van der Waals surface area contributed by atoms with Crippen LogP contribution in [0.2, 0.25) is 0 Å². The first-order valence-corrected chi connectivity index (χ1v) is 9.53. The Kier molecular flexibility index (Phi) is 6.19. The van der Waals surface area contributed by atoms with E-state index in [1.165, 1.54) is 5.56 Å². The van der Waals surface area contributed by atoms with Gasteiger partial charge in [-0.05, 0) is 49.2 Å². The van der Waals surface area contributed by atoms with Crippen molar-refractivity contribution in [3.63, 3.8) is 0 Å². The quantitative estimate of drug-likeness (QED) is 0.827. The van der Waals surface area contributed by atoms with E-state index < -0.39 is 11.8 Å². The summed E-state index contributed by atoms with van der Waals surface area (Å²) < 4.78 is 5.14. The number of hydrogen-bond acceptors (Lipinski definition) is 4. The molecule has 6 nitrogen and oxygen atoms in total. The highest BCUT2D eigenvalue weighted by atomic mass is 16.5. The molecule has 0 radical (unpaired) electrons. The first-order valence-electron chi connectivity index (χ1n) is 9.53. The molecule has 1 atom stereocenters. The van der Waals surface area contributed by atoms with Crippen molar-refractivity contribution >= 4 is 17.5 Å². The number of amides is 2. The number of anilines is 1. The van der Waals surface area contributed by atoms with Gasteiger partial charge < -0.3 is 19.9 Å². The van der Waals surface area contributed by atoms with Gasteiger partial charge in [0.05, 0.1) is 13.2 Å². The summed E-state index contributed by atoms with van der Waals surface area (Å²) in [7, 11) is 1.61. The minimum absolute atomic E-state index is 0.254. The highest BCUT2D eigenvalue weighted by Crippen LogP contribution is 2.19. The number of piperazine rings is 1. The Labute approximate surface area is 166 Å². The second-order valence-corrected chi connectivity index (χ2v) is 7.09. The predicted molar refractivity (Wildman–Crippen MR) is 110 cm³/mol. The first kappa shape index (κ1) is 19.7. The molecule has 28 heavy (non-hydrogen) atoms. The van der Waals surface area contributed by atoms with E-state index in [9.17, 15) is 9.59 Å². The Morgan fingerprint density at radius 2 is 1.71 bits per heavy atom. The molecule has 0 spiro atoms. The molecule has 1 unspecified atom stereocenters. The van der Waals surface area contributed by atoms with E-state index in [4.69, 9.17) is 4.74 Å². The van der Waals surface area contributed by atoms with Crippen molar-refractivity contribution in [1.29, 1.82) is 0 Å². The summed E-state index contributed by atoms with van der Waals surface area (Å²) in [6.45, 7) is 6.45. The zero-order chi connectivity index (χ0) is 20.1. The number of hydrogen-bond donors (Lipinski definition) is 1. The number of rotatable bonds is 4. The van der Waals surface area contributed by atoms with Gasteiger partial charge in [0, 0.05) is 31.9 Å². The number of nitrogens with one attached hydrogen (secondary N) is 1. The van der Waals surface area contributed by atoms with Crippen molar-refractivity contribution in [2.24, 2.45) is 0 Å². The minimum Gasteiger partial charge on any atom is -0.497 e. The van der Waals surface area contributed by atoms with Crippen molar-refractivity contribution in [2.75, 3.05) is 38.2 Å². The van der Waals surface area contributed by atoms with Crippen LogP contribution in [0.3, 0.4) is 0 Å². The molecule has 148 valence electrons. The normalized spacial score (nSPS) is 15.1. The number of ether oxygens (including phenoxy) is 1. The van der Waals surface area contributed by atoms with Gasteiger partial charge in [-0.15, -0.1) is 0 Å². The van der Waals surface area contributed by atoms with Gasteiger partial charge in [0.2, 0.25) is 0 Å². The zero-order valence-corrected chi connectivity index (χ0v) is 16.6. The van der Waals surface area contributed by atoms with Gasteiger partial charge in [-0.1, -0.05) is 24.3 Å². The van der Waals surface area contributed by atoms with Crippen molar-refractivity contribution in [2.45, 2.75) is 19.9 Å². The monoisotopic (exact) mass is 381 g/mol. The lowest BCUT2D eigenvalue weighted by molar-refractivity contribution is -0.146. The molecule has 0 aliphatic carbocycles. The Bertz CT molecular complexity index is 827. The van der Waals surface area contributed by atoms with Crippen LogP contribution in [0.4, 0.5) is 5.69 Å². The van der Waals surface area contributed by atoms with Crippen molar-refractivity contribution in [3.8, 4) is 5.75 Å². The molecular formula is C22H27N3O3. The molecule has 2 aromatic rings. The lowest BCUT2D eigenvalue weighted by Crippen LogP contribution is -2.52. The van der Waals surface area contributed by atoms with E-state index in [-0.39, 0.29) is 6.04 Å². The lowest BCUT2D eigenvalue weighted by Gasteiger charge is -2.36. The highest BCUT2D eigenvalue weighted by molar-refractivity contribution is 6.35. The third-order valence-corrected chi connectivity index (χ3v) is 5.09. The number of carbonyl (C=O) groups is 2. The standard InChI is InChI=1S/C22H27N3O3/c1-16-5-4-6-19(15-16)24-11-13-25(14-12-24)22(27)21(26)23-17(2)18-7-9-20(28-3)10-8-18/h4-10,15,17H,11-14H2,1-3H3,(H,23,26). The van der Waals surface area contributed by atoms with Crippen LogP contribution in [-0.4, -0.2) is 50.0 Å². The Balaban J connectivity index is 1.53. The van der Waals surface area contributed by atoms with Crippen molar-refractivity contribution < 1.29 is 14.3 Å². The molecule has 1 N–H and O–H groups in total. The summed E-state index contributed by atoms with van der Waals surface area (Å²) in [6.07, 6.45) is 0. The molecule has 2 amide bonds. The molecule has 2 aromatic carbocycles. The summed E-state index contributed by atoms with van der Waals surface area (Å²) >= 11 is 0. The summed E-state index contributed by atoms with van der Waals surface area (Å²) in [6, 6.07) is 15.5. The van der Waals surface area contributed by atoms with E-state index in [0.717, 1.165) is 30.1 Å². The van der Waals surface area contributed by atoms with Gasteiger partial charge in [-0.25, -0.2) is 0 Å². The molecule has 1 saturated heterocycles. The zero-order valence-electron chi connectivity index (χ0n) is 16.6. The van der Waals surface area contributed by atoms with Crippen LogP contribution in [0, 0.1) is 6.92 Å². The van der Waals surface area contributed by atoms with Crippen molar-refractivity contribution in [1.82, 2.24) is 10.2 Å². The second kappa shape index (κ2) is 8.78. The van der Waals surface area contributed by atoms with Crippen LogP contribution in [-0.2, 0) is 9.59 Å². The average Bonchev–Trinajstić information content (AvgIpc) is 2.73. The van der Waals surface area contributed by atoms with E-state index >= 15 is 0 Å². The maximum Gasteiger partial charge on any atom is 0.312 e. The second-order valence-electron chi connectivity index (χ2n) is 7.09. The molecule has 6 heteroatoms. The maximum atomic E-state index is 12.5. The molecule has 3 rings (SSSR count). The molecular weight excluding hydrogens is 354 g/mol. The van der Waals surface area contributed by atoms with E-state index in [1.54, 1.807) is 12.0 Å². The van der Waals surface area contributed by atoms with Crippen LogP contribution in [0.25, 0.3) is 0 Å². The summed E-state index contributed by atoms with van der Waals surface area (Å²) in [5.41, 5.74) is 3.29. The van der Waals surface area contributed by atoms with Gasteiger partial charge in [0.1, 0.15) is 5.75 Å². The molecule has 1 aliphatic heterocycles. The lowest BCUT2D eigenvalue weighted by atomic mass is 10.1. The van der Waals surface area contributed by atoms with E-state index in [1.807, 2.05) is 37.3 Å². The van der Waals surface area contributed by atoms with Crippen LogP contribution >= 0.6 is 0 Å². The number of carbonyl (C=O) groups excluding carboxylic acids is 2. The van der Waals surface area contributed by atoms with Crippen LogP contribution < -0.4 is 15.0 Å². The molecule has 0 bridgehead atoms. The third kappa shape index (κ3) is 4.63. The fourth-order valence-electron chi connectivity index (χ4n) is 3.37. The summed E-state index contributed by atoms with van der Waals surface area (Å²) in [5.74, 6) is -0.276. The van der Waals surface area contributed by atoms with Gasteiger partial charge >= 0.3 is 11.8 Å². The van der Waals surface area contributed by atoms with Gasteiger partial charge in [-0.2, -0.15) is 0 Å². The number of methoxy groups -OCH3 is 1. The Morgan fingerprint density at radius 1 is 1.04 bits per heavy atom. The van der Waals surface area contributed by atoms with E-state index in [2.05, 4.69) is 35.3 Å². The maximum absolute atomic E-state index is 12.5. The molecule has 1 fully saturated rings.